The smallest absolute Gasteiger partial charge is 0.270 e. The highest BCUT2D eigenvalue weighted by Gasteiger charge is 2.33. The highest BCUT2D eigenvalue weighted by atomic mass is 79.9. The number of halogens is 3. The van der Waals surface area contributed by atoms with Crippen LogP contribution in [0.5, 0.6) is 11.5 Å². The number of hydrogen-bond donors (Lipinski definition) is 1. The average Bonchev–Trinajstić information content (AvgIpc) is 3.12. The lowest BCUT2D eigenvalue weighted by Gasteiger charge is -2.14. The fourth-order valence-electron chi connectivity index (χ4n) is 3.26. The minimum Gasteiger partial charge on any atom is -0.493 e. The van der Waals surface area contributed by atoms with E-state index in [1.165, 1.54) is 30.2 Å². The van der Waals surface area contributed by atoms with E-state index in [1.807, 2.05) is 0 Å². The molecule has 1 aliphatic rings. The Hall–Kier alpha value is -2.92. The van der Waals surface area contributed by atoms with E-state index in [1.54, 1.807) is 48.5 Å². The third kappa shape index (κ3) is 6.07. The van der Waals surface area contributed by atoms with E-state index in [9.17, 15) is 14.0 Å². The van der Waals surface area contributed by atoms with Crippen LogP contribution in [0.25, 0.3) is 6.08 Å². The van der Waals surface area contributed by atoms with Gasteiger partial charge in [0.25, 0.3) is 11.8 Å². The van der Waals surface area contributed by atoms with Gasteiger partial charge in [-0.15, -0.1) is 0 Å². The quantitative estimate of drug-likeness (QED) is 0.239. The fraction of sp³-hybridized carbons (Fsp3) is 0.0800. The maximum atomic E-state index is 13.6. The van der Waals surface area contributed by atoms with Crippen molar-refractivity contribution in [3.8, 4) is 11.5 Å². The second-order valence-corrected chi connectivity index (χ2v) is 10.3. The van der Waals surface area contributed by atoms with Crippen LogP contribution >= 0.6 is 51.5 Å². The molecule has 1 N–H and O–H groups in total. The van der Waals surface area contributed by atoms with E-state index < -0.39 is 5.82 Å². The van der Waals surface area contributed by atoms with E-state index in [-0.39, 0.29) is 18.4 Å². The van der Waals surface area contributed by atoms with Crippen LogP contribution in [0.15, 0.2) is 70.0 Å². The highest BCUT2D eigenvalue weighted by Crippen LogP contribution is 2.37. The van der Waals surface area contributed by atoms with E-state index in [4.69, 9.17) is 33.3 Å². The number of hydrogen-bond acceptors (Lipinski definition) is 6. The number of methoxy groups -OCH3 is 1. The molecule has 0 atom stereocenters. The predicted molar refractivity (Wildman–Crippen MR) is 148 cm³/mol. The number of amides is 2. The Morgan fingerprint density at radius 3 is 2.72 bits per heavy atom. The van der Waals surface area contributed by atoms with Crippen LogP contribution in [0.2, 0.25) is 5.02 Å². The number of carbonyl (C=O) groups is 2. The van der Waals surface area contributed by atoms with Crippen molar-refractivity contribution in [3.05, 3.63) is 86.4 Å². The van der Waals surface area contributed by atoms with Gasteiger partial charge in [0.05, 0.1) is 22.7 Å². The maximum absolute atomic E-state index is 13.6. The Morgan fingerprint density at radius 2 is 2.00 bits per heavy atom. The van der Waals surface area contributed by atoms with Crippen molar-refractivity contribution >= 4 is 85.1 Å². The third-order valence-corrected chi connectivity index (χ3v) is 7.44. The summed E-state index contributed by atoms with van der Waals surface area (Å²) in [4.78, 5) is 26.9. The zero-order valence-electron chi connectivity index (χ0n) is 18.6. The van der Waals surface area contributed by atoms with Gasteiger partial charge in [0, 0.05) is 10.2 Å². The summed E-state index contributed by atoms with van der Waals surface area (Å²) in [6, 6.07) is 15.8. The minimum atomic E-state index is -0.458. The molecule has 6 nitrogen and oxygen atoms in total. The van der Waals surface area contributed by atoms with E-state index in [0.29, 0.717) is 42.7 Å². The van der Waals surface area contributed by atoms with Crippen LogP contribution in [-0.4, -0.2) is 29.9 Å². The summed E-state index contributed by atoms with van der Waals surface area (Å²) >= 11 is 15.8. The molecule has 184 valence electrons. The molecule has 36 heavy (non-hydrogen) atoms. The molecule has 1 aliphatic heterocycles. The summed E-state index contributed by atoms with van der Waals surface area (Å²) in [7, 11) is 1.47. The molecule has 0 radical (unpaired) electrons. The van der Waals surface area contributed by atoms with Crippen molar-refractivity contribution < 1.29 is 23.5 Å². The Kier molecular flexibility index (Phi) is 8.30. The first-order chi connectivity index (χ1) is 17.2. The second kappa shape index (κ2) is 11.4. The molecular weight excluding hydrogens is 591 g/mol. The maximum Gasteiger partial charge on any atom is 0.270 e. The summed E-state index contributed by atoms with van der Waals surface area (Å²) in [6.45, 7) is -0.254. The molecule has 4 rings (SSSR count). The van der Waals surface area contributed by atoms with Gasteiger partial charge in [-0.25, -0.2) is 4.39 Å². The molecule has 2 amide bonds. The largest absolute Gasteiger partial charge is 0.493 e. The number of thiocarbonyl (C=S) groups is 1. The first-order valence-electron chi connectivity index (χ1n) is 10.3. The summed E-state index contributed by atoms with van der Waals surface area (Å²) in [5.74, 6) is -0.449. The third-order valence-electron chi connectivity index (χ3n) is 4.91. The number of carbonyl (C=O) groups excluding carboxylic acids is 2. The number of rotatable bonds is 7. The normalized spacial score (nSPS) is 14.3. The molecule has 0 aliphatic carbocycles. The Balaban J connectivity index is 1.45. The first-order valence-corrected chi connectivity index (χ1v) is 12.7. The molecule has 11 heteroatoms. The number of nitrogens with one attached hydrogen (secondary N) is 1. The van der Waals surface area contributed by atoms with Crippen molar-refractivity contribution in [2.45, 2.75) is 0 Å². The number of benzene rings is 3. The topological polar surface area (TPSA) is 67.9 Å². The van der Waals surface area contributed by atoms with Crippen molar-refractivity contribution in [3.63, 3.8) is 0 Å². The van der Waals surface area contributed by atoms with Crippen molar-refractivity contribution in [2.75, 3.05) is 23.9 Å². The molecule has 0 spiro atoms. The lowest BCUT2D eigenvalue weighted by atomic mass is 10.2. The highest BCUT2D eigenvalue weighted by molar-refractivity contribution is 9.10. The standard InChI is InChI=1S/C25H17BrClFN2O4S2/c1-33-21-9-14(10-22-24(32)30(25(35)36-22)17-4-2-3-15(28)11-17)5-8-20(21)34-13-23(31)29-16-6-7-18(26)19(27)12-16/h2-12H,13H2,1H3,(H,29,31)/b22-10-. The van der Waals surface area contributed by atoms with Gasteiger partial charge >= 0.3 is 0 Å². The van der Waals surface area contributed by atoms with Gasteiger partial charge in [-0.2, -0.15) is 0 Å². The van der Waals surface area contributed by atoms with Gasteiger partial charge < -0.3 is 14.8 Å². The molecule has 1 heterocycles. The molecule has 0 saturated carbocycles. The van der Waals surface area contributed by atoms with Gasteiger partial charge in [-0.3, -0.25) is 14.5 Å². The molecule has 1 saturated heterocycles. The minimum absolute atomic E-state index is 0.254. The lowest BCUT2D eigenvalue weighted by molar-refractivity contribution is -0.118. The first kappa shape index (κ1) is 26.2. The predicted octanol–water partition coefficient (Wildman–Crippen LogP) is 6.67. The molecule has 3 aromatic carbocycles. The van der Waals surface area contributed by atoms with Crippen LogP contribution in [0.3, 0.4) is 0 Å². The van der Waals surface area contributed by atoms with E-state index in [2.05, 4.69) is 21.2 Å². The summed E-state index contributed by atoms with van der Waals surface area (Å²) in [6.07, 6.45) is 1.66. The molecular formula is C25H17BrClFN2O4S2. The van der Waals surface area contributed by atoms with Crippen molar-refractivity contribution in [1.82, 2.24) is 0 Å². The number of nitrogens with zero attached hydrogens (tertiary/aromatic N) is 1. The van der Waals surface area contributed by atoms with Gasteiger partial charge in [0.15, 0.2) is 22.4 Å². The zero-order chi connectivity index (χ0) is 25.8. The Morgan fingerprint density at radius 1 is 1.19 bits per heavy atom. The molecule has 0 aromatic heterocycles. The molecule has 0 unspecified atom stereocenters. The number of thioether (sulfide) groups is 1. The monoisotopic (exact) mass is 606 g/mol. The number of anilines is 2. The summed E-state index contributed by atoms with van der Waals surface area (Å²) < 4.78 is 25.7. The fourth-order valence-corrected chi connectivity index (χ4v) is 4.99. The SMILES string of the molecule is COc1cc(/C=C2\SC(=S)N(c3cccc(F)c3)C2=O)ccc1OCC(=O)Nc1ccc(Br)c(Cl)c1. The molecule has 3 aromatic rings. The van der Waals surface area contributed by atoms with Crippen LogP contribution in [0, 0.1) is 5.82 Å². The van der Waals surface area contributed by atoms with Gasteiger partial charge in [0.1, 0.15) is 5.82 Å². The van der Waals surface area contributed by atoms with Crippen molar-refractivity contribution in [1.29, 1.82) is 0 Å². The average molecular weight is 608 g/mol. The Bertz CT molecular complexity index is 1400. The van der Waals surface area contributed by atoms with Gasteiger partial charge in [0.2, 0.25) is 0 Å². The van der Waals surface area contributed by atoms with Crippen LogP contribution < -0.4 is 19.7 Å². The molecule has 0 bridgehead atoms. The van der Waals surface area contributed by atoms with Crippen molar-refractivity contribution in [2.24, 2.45) is 0 Å². The van der Waals surface area contributed by atoms with Crippen LogP contribution in [0.1, 0.15) is 5.56 Å². The number of ether oxygens (including phenoxy) is 2. The summed E-state index contributed by atoms with van der Waals surface area (Å²) in [5, 5.41) is 3.18. The van der Waals surface area contributed by atoms with Gasteiger partial charge in [-0.1, -0.05) is 47.7 Å². The Labute approximate surface area is 229 Å². The van der Waals surface area contributed by atoms with Crippen LogP contribution in [0.4, 0.5) is 15.8 Å². The van der Waals surface area contributed by atoms with Gasteiger partial charge in [-0.05, 0) is 76.1 Å². The van der Waals surface area contributed by atoms with Crippen LogP contribution in [-0.2, 0) is 9.59 Å². The zero-order valence-corrected chi connectivity index (χ0v) is 22.6. The second-order valence-electron chi connectivity index (χ2n) is 7.37. The van der Waals surface area contributed by atoms with E-state index >= 15 is 0 Å². The lowest BCUT2D eigenvalue weighted by Crippen LogP contribution is -2.27. The summed E-state index contributed by atoms with van der Waals surface area (Å²) in [5.41, 5.74) is 1.56. The molecule has 1 fully saturated rings. The van der Waals surface area contributed by atoms with E-state index in [0.717, 1.165) is 16.2 Å².